The Bertz CT molecular complexity index is 858. The van der Waals surface area contributed by atoms with E-state index < -0.39 is 10.0 Å². The molecule has 2 aromatic carbocycles. The summed E-state index contributed by atoms with van der Waals surface area (Å²) in [4.78, 5) is 12.4. The minimum absolute atomic E-state index is 0.282. The Labute approximate surface area is 136 Å². The number of nitrogens with one attached hydrogen (secondary N) is 2. The van der Waals surface area contributed by atoms with E-state index in [-0.39, 0.29) is 5.91 Å². The van der Waals surface area contributed by atoms with Crippen molar-refractivity contribution in [1.82, 2.24) is 0 Å². The molecule has 0 aliphatic carbocycles. The number of hydrogen-bond acceptors (Lipinski definition) is 3. The smallest absolute Gasteiger partial charge is 0.255 e. The zero-order valence-corrected chi connectivity index (χ0v) is 14.4. The minimum Gasteiger partial charge on any atom is -0.322 e. The van der Waals surface area contributed by atoms with Crippen LogP contribution in [-0.2, 0) is 10.0 Å². The minimum atomic E-state index is -3.40. The van der Waals surface area contributed by atoms with E-state index in [4.69, 9.17) is 0 Å². The summed E-state index contributed by atoms with van der Waals surface area (Å²) in [5.41, 5.74) is 4.38. The molecule has 1 amide bonds. The molecule has 0 aliphatic rings. The van der Waals surface area contributed by atoms with Crippen molar-refractivity contribution in [3.63, 3.8) is 0 Å². The highest BCUT2D eigenvalue weighted by atomic mass is 32.2. The standard InChI is InChI=1S/C17H20N2O3S/c1-11-6-5-7-15(13(11)3)18-17(20)14-9-8-12(2)16(10-14)19-23(4,21)22/h5-10,19H,1-4H3,(H,18,20). The summed E-state index contributed by atoms with van der Waals surface area (Å²) in [5, 5.41) is 2.86. The summed E-state index contributed by atoms with van der Waals surface area (Å²) in [7, 11) is -3.40. The lowest BCUT2D eigenvalue weighted by Gasteiger charge is -2.12. The summed E-state index contributed by atoms with van der Waals surface area (Å²) < 4.78 is 25.2. The third-order valence-electron chi connectivity index (χ3n) is 3.65. The zero-order valence-electron chi connectivity index (χ0n) is 13.6. The maximum Gasteiger partial charge on any atom is 0.255 e. The number of amides is 1. The Morgan fingerprint density at radius 2 is 1.65 bits per heavy atom. The van der Waals surface area contributed by atoms with E-state index >= 15 is 0 Å². The van der Waals surface area contributed by atoms with Crippen LogP contribution in [0, 0.1) is 20.8 Å². The predicted molar refractivity (Wildman–Crippen MR) is 93.5 cm³/mol. The van der Waals surface area contributed by atoms with Crippen LogP contribution >= 0.6 is 0 Å². The fraction of sp³-hybridized carbons (Fsp3) is 0.235. The van der Waals surface area contributed by atoms with Crippen molar-refractivity contribution in [2.24, 2.45) is 0 Å². The van der Waals surface area contributed by atoms with Crippen molar-refractivity contribution in [2.45, 2.75) is 20.8 Å². The number of anilines is 2. The first-order valence-corrected chi connectivity index (χ1v) is 9.02. The van der Waals surface area contributed by atoms with E-state index in [1.807, 2.05) is 32.0 Å². The number of aryl methyl sites for hydroxylation is 2. The number of hydrogen-bond donors (Lipinski definition) is 2. The van der Waals surface area contributed by atoms with Crippen LogP contribution in [0.3, 0.4) is 0 Å². The molecule has 2 aromatic rings. The van der Waals surface area contributed by atoms with Gasteiger partial charge in [0.15, 0.2) is 0 Å². The molecule has 5 nitrogen and oxygen atoms in total. The second-order valence-electron chi connectivity index (χ2n) is 5.61. The van der Waals surface area contributed by atoms with Crippen LogP contribution in [0.15, 0.2) is 36.4 Å². The summed E-state index contributed by atoms with van der Waals surface area (Å²) in [6, 6.07) is 10.6. The lowest BCUT2D eigenvalue weighted by Crippen LogP contribution is -2.15. The molecule has 0 unspecified atom stereocenters. The van der Waals surface area contributed by atoms with Gasteiger partial charge >= 0.3 is 0 Å². The number of benzene rings is 2. The molecular weight excluding hydrogens is 312 g/mol. The van der Waals surface area contributed by atoms with Crippen LogP contribution in [0.25, 0.3) is 0 Å². The van der Waals surface area contributed by atoms with Crippen LogP contribution < -0.4 is 10.0 Å². The zero-order chi connectivity index (χ0) is 17.2. The van der Waals surface area contributed by atoms with Crippen LogP contribution in [0.1, 0.15) is 27.0 Å². The molecule has 0 aromatic heterocycles. The lowest BCUT2D eigenvalue weighted by atomic mass is 10.1. The molecule has 2 rings (SSSR count). The van der Waals surface area contributed by atoms with Crippen LogP contribution in [0.2, 0.25) is 0 Å². The van der Waals surface area contributed by atoms with Gasteiger partial charge in [0.25, 0.3) is 5.91 Å². The molecule has 23 heavy (non-hydrogen) atoms. The monoisotopic (exact) mass is 332 g/mol. The largest absolute Gasteiger partial charge is 0.322 e. The molecular formula is C17H20N2O3S. The van der Waals surface area contributed by atoms with Gasteiger partial charge in [-0.05, 0) is 55.7 Å². The first-order chi connectivity index (χ1) is 10.7. The third-order valence-corrected chi connectivity index (χ3v) is 4.24. The molecule has 2 N–H and O–H groups in total. The van der Waals surface area contributed by atoms with Crippen molar-refractivity contribution in [3.05, 3.63) is 58.7 Å². The van der Waals surface area contributed by atoms with Gasteiger partial charge < -0.3 is 5.32 Å². The SMILES string of the molecule is Cc1ccc(C(=O)Nc2cccc(C)c2C)cc1NS(C)(=O)=O. The average molecular weight is 332 g/mol. The fourth-order valence-electron chi connectivity index (χ4n) is 2.15. The maximum absolute atomic E-state index is 12.4. The van der Waals surface area contributed by atoms with Crippen LogP contribution in [0.5, 0.6) is 0 Å². The molecule has 0 saturated heterocycles. The first kappa shape index (κ1) is 17.0. The summed E-state index contributed by atoms with van der Waals surface area (Å²) >= 11 is 0. The van der Waals surface area contributed by atoms with Crippen molar-refractivity contribution in [2.75, 3.05) is 16.3 Å². The van der Waals surface area contributed by atoms with E-state index in [0.29, 0.717) is 11.3 Å². The fourth-order valence-corrected chi connectivity index (χ4v) is 2.77. The van der Waals surface area contributed by atoms with Gasteiger partial charge in [0.1, 0.15) is 0 Å². The molecule has 0 bridgehead atoms. The van der Waals surface area contributed by atoms with E-state index in [0.717, 1.165) is 28.6 Å². The molecule has 0 fully saturated rings. The number of sulfonamides is 1. The van der Waals surface area contributed by atoms with Gasteiger partial charge in [-0.1, -0.05) is 18.2 Å². The second-order valence-corrected chi connectivity index (χ2v) is 7.35. The highest BCUT2D eigenvalue weighted by molar-refractivity contribution is 7.92. The van der Waals surface area contributed by atoms with Crippen molar-refractivity contribution >= 4 is 27.3 Å². The van der Waals surface area contributed by atoms with Crippen molar-refractivity contribution in [1.29, 1.82) is 0 Å². The van der Waals surface area contributed by atoms with E-state index in [9.17, 15) is 13.2 Å². The van der Waals surface area contributed by atoms with Gasteiger partial charge in [-0.2, -0.15) is 0 Å². The average Bonchev–Trinajstić information content (AvgIpc) is 2.44. The number of rotatable bonds is 4. The highest BCUT2D eigenvalue weighted by Crippen LogP contribution is 2.21. The summed E-state index contributed by atoms with van der Waals surface area (Å²) in [6.07, 6.45) is 1.08. The Hall–Kier alpha value is -2.34. The Balaban J connectivity index is 2.29. The van der Waals surface area contributed by atoms with Crippen LogP contribution in [-0.4, -0.2) is 20.6 Å². The molecule has 0 radical (unpaired) electrons. The topological polar surface area (TPSA) is 75.3 Å². The van der Waals surface area contributed by atoms with E-state index in [1.165, 1.54) is 6.07 Å². The van der Waals surface area contributed by atoms with Gasteiger partial charge in [-0.3, -0.25) is 9.52 Å². The third kappa shape index (κ3) is 4.32. The highest BCUT2D eigenvalue weighted by Gasteiger charge is 2.12. The molecule has 0 spiro atoms. The van der Waals surface area contributed by atoms with Gasteiger partial charge in [-0.25, -0.2) is 8.42 Å². The van der Waals surface area contributed by atoms with E-state index in [1.54, 1.807) is 19.1 Å². The van der Waals surface area contributed by atoms with E-state index in [2.05, 4.69) is 10.0 Å². The lowest BCUT2D eigenvalue weighted by molar-refractivity contribution is 0.102. The molecule has 0 aliphatic heterocycles. The normalized spacial score (nSPS) is 11.1. The first-order valence-electron chi connectivity index (χ1n) is 7.13. The number of carbonyl (C=O) groups is 1. The molecule has 0 heterocycles. The second kappa shape index (κ2) is 6.42. The summed E-state index contributed by atoms with van der Waals surface area (Å²) in [6.45, 7) is 5.70. The molecule has 6 heteroatoms. The predicted octanol–water partition coefficient (Wildman–Crippen LogP) is 3.24. The number of carbonyl (C=O) groups excluding carboxylic acids is 1. The quantitative estimate of drug-likeness (QED) is 0.902. The van der Waals surface area contributed by atoms with Crippen LogP contribution in [0.4, 0.5) is 11.4 Å². The molecule has 122 valence electrons. The van der Waals surface area contributed by atoms with Crippen molar-refractivity contribution < 1.29 is 13.2 Å². The Morgan fingerprint density at radius 3 is 2.30 bits per heavy atom. The summed E-state index contributed by atoms with van der Waals surface area (Å²) in [5.74, 6) is -0.282. The molecule has 0 saturated carbocycles. The Kier molecular flexibility index (Phi) is 4.75. The van der Waals surface area contributed by atoms with Gasteiger partial charge in [0.05, 0.1) is 11.9 Å². The van der Waals surface area contributed by atoms with Gasteiger partial charge in [-0.15, -0.1) is 0 Å². The maximum atomic E-state index is 12.4. The Morgan fingerprint density at radius 1 is 0.957 bits per heavy atom. The van der Waals surface area contributed by atoms with Gasteiger partial charge in [0.2, 0.25) is 10.0 Å². The van der Waals surface area contributed by atoms with Gasteiger partial charge in [0, 0.05) is 11.3 Å². The molecule has 0 atom stereocenters. The van der Waals surface area contributed by atoms with Crippen molar-refractivity contribution in [3.8, 4) is 0 Å².